The van der Waals surface area contributed by atoms with Crippen LogP contribution < -0.4 is 10.6 Å². The zero-order valence-electron chi connectivity index (χ0n) is 14.4. The fraction of sp³-hybridized carbons (Fsp3) is 0.312. The summed E-state index contributed by atoms with van der Waals surface area (Å²) in [4.78, 5) is 5.67. The van der Waals surface area contributed by atoms with E-state index >= 15 is 0 Å². The van der Waals surface area contributed by atoms with Gasteiger partial charge in [-0.05, 0) is 23.1 Å². The molecule has 0 aliphatic heterocycles. The van der Waals surface area contributed by atoms with Crippen LogP contribution in [-0.4, -0.2) is 39.8 Å². The van der Waals surface area contributed by atoms with Gasteiger partial charge in [0.2, 0.25) is 10.0 Å². The van der Waals surface area contributed by atoms with Crippen LogP contribution in [0, 0.1) is 0 Å². The van der Waals surface area contributed by atoms with Crippen LogP contribution in [-0.2, 0) is 23.1 Å². The molecule has 1 aromatic heterocycles. The van der Waals surface area contributed by atoms with Gasteiger partial charge in [0.1, 0.15) is 0 Å². The highest BCUT2D eigenvalue weighted by Crippen LogP contribution is 2.18. The molecule has 0 aliphatic rings. The number of aliphatic imine (C=N–C) groups is 1. The number of benzene rings is 1. The van der Waals surface area contributed by atoms with E-state index in [1.165, 1.54) is 23.3 Å². The smallest absolute Gasteiger partial charge is 0.242 e. The SMILES string of the molecule is CN=C(NCc1cccs1)NCc1ccccc1S(=O)(=O)N(C)C.I. The molecule has 0 saturated carbocycles. The highest BCUT2D eigenvalue weighted by molar-refractivity contribution is 14.0. The Morgan fingerprint density at radius 2 is 1.80 bits per heavy atom. The van der Waals surface area contributed by atoms with Crippen LogP contribution in [0.2, 0.25) is 0 Å². The first-order valence-corrected chi connectivity index (χ1v) is 9.74. The zero-order chi connectivity index (χ0) is 17.6. The molecular formula is C16H23IN4O2S2. The van der Waals surface area contributed by atoms with Gasteiger partial charge in [0.05, 0.1) is 11.4 Å². The minimum atomic E-state index is -3.48. The fourth-order valence-corrected chi connectivity index (χ4v) is 3.84. The van der Waals surface area contributed by atoms with Crippen molar-refractivity contribution in [1.29, 1.82) is 0 Å². The number of hydrogen-bond donors (Lipinski definition) is 2. The lowest BCUT2D eigenvalue weighted by Crippen LogP contribution is -2.36. The third kappa shape index (κ3) is 5.94. The molecule has 6 nitrogen and oxygen atoms in total. The molecule has 2 N–H and O–H groups in total. The summed E-state index contributed by atoms with van der Waals surface area (Å²) in [7, 11) is 1.27. The summed E-state index contributed by atoms with van der Waals surface area (Å²) in [5, 5.41) is 8.40. The molecule has 0 atom stereocenters. The third-order valence-corrected chi connectivity index (χ3v) is 6.20. The van der Waals surface area contributed by atoms with Crippen molar-refractivity contribution in [2.75, 3.05) is 21.1 Å². The summed E-state index contributed by atoms with van der Waals surface area (Å²) >= 11 is 1.67. The Labute approximate surface area is 170 Å². The summed E-state index contributed by atoms with van der Waals surface area (Å²) in [6, 6.07) is 11.0. The molecule has 1 aromatic carbocycles. The number of guanidine groups is 1. The molecule has 0 unspecified atom stereocenters. The second-order valence-corrected chi connectivity index (χ2v) is 8.41. The number of halogens is 1. The second-order valence-electron chi connectivity index (χ2n) is 5.25. The predicted octanol–water partition coefficient (Wildman–Crippen LogP) is 2.48. The van der Waals surface area contributed by atoms with E-state index in [1.807, 2.05) is 23.6 Å². The lowest BCUT2D eigenvalue weighted by Gasteiger charge is -2.16. The molecule has 0 fully saturated rings. The van der Waals surface area contributed by atoms with Gasteiger partial charge >= 0.3 is 0 Å². The van der Waals surface area contributed by atoms with Crippen molar-refractivity contribution >= 4 is 51.3 Å². The monoisotopic (exact) mass is 494 g/mol. The van der Waals surface area contributed by atoms with Gasteiger partial charge in [-0.15, -0.1) is 35.3 Å². The normalized spacial score (nSPS) is 11.9. The number of rotatable bonds is 6. The zero-order valence-corrected chi connectivity index (χ0v) is 18.4. The van der Waals surface area contributed by atoms with Crippen LogP contribution in [0.4, 0.5) is 0 Å². The van der Waals surface area contributed by atoms with E-state index in [4.69, 9.17) is 0 Å². The van der Waals surface area contributed by atoms with Crippen molar-refractivity contribution in [3.05, 3.63) is 52.2 Å². The molecule has 138 valence electrons. The maximum Gasteiger partial charge on any atom is 0.242 e. The maximum absolute atomic E-state index is 12.4. The number of sulfonamides is 1. The van der Waals surface area contributed by atoms with E-state index in [2.05, 4.69) is 15.6 Å². The van der Waals surface area contributed by atoms with Gasteiger partial charge < -0.3 is 10.6 Å². The number of nitrogens with zero attached hydrogens (tertiary/aromatic N) is 2. The first kappa shape index (κ1) is 21.9. The third-order valence-electron chi connectivity index (χ3n) is 3.41. The summed E-state index contributed by atoms with van der Waals surface area (Å²) < 4.78 is 26.0. The number of nitrogens with one attached hydrogen (secondary N) is 2. The average Bonchev–Trinajstić information content (AvgIpc) is 3.08. The molecule has 1 heterocycles. The molecular weight excluding hydrogens is 471 g/mol. The van der Waals surface area contributed by atoms with Crippen LogP contribution in [0.15, 0.2) is 51.7 Å². The van der Waals surface area contributed by atoms with Gasteiger partial charge in [-0.1, -0.05) is 24.3 Å². The van der Waals surface area contributed by atoms with Gasteiger partial charge in [0.25, 0.3) is 0 Å². The topological polar surface area (TPSA) is 73.8 Å². The Morgan fingerprint density at radius 1 is 1.12 bits per heavy atom. The highest BCUT2D eigenvalue weighted by Gasteiger charge is 2.20. The molecule has 9 heteroatoms. The quantitative estimate of drug-likeness (QED) is 0.368. The van der Waals surface area contributed by atoms with Gasteiger partial charge in [0.15, 0.2) is 5.96 Å². The van der Waals surface area contributed by atoms with E-state index in [-0.39, 0.29) is 24.0 Å². The van der Waals surface area contributed by atoms with Crippen LogP contribution in [0.25, 0.3) is 0 Å². The van der Waals surface area contributed by atoms with Crippen LogP contribution in [0.1, 0.15) is 10.4 Å². The predicted molar refractivity (Wildman–Crippen MR) is 114 cm³/mol. The Bertz CT molecular complexity index is 790. The molecule has 0 amide bonds. The molecule has 0 radical (unpaired) electrons. The minimum absolute atomic E-state index is 0. The van der Waals surface area contributed by atoms with Gasteiger partial charge in [0, 0.05) is 32.6 Å². The lowest BCUT2D eigenvalue weighted by atomic mass is 10.2. The van der Waals surface area contributed by atoms with Gasteiger partial charge in [-0.25, -0.2) is 12.7 Å². The second kappa shape index (κ2) is 10.1. The van der Waals surface area contributed by atoms with E-state index in [0.717, 1.165) is 0 Å². The van der Waals surface area contributed by atoms with E-state index in [9.17, 15) is 8.42 Å². The lowest BCUT2D eigenvalue weighted by molar-refractivity contribution is 0.519. The number of thiophene rings is 1. The Morgan fingerprint density at radius 3 is 2.40 bits per heavy atom. The van der Waals surface area contributed by atoms with Crippen LogP contribution in [0.5, 0.6) is 0 Å². The molecule has 0 aliphatic carbocycles. The minimum Gasteiger partial charge on any atom is -0.352 e. The molecule has 2 rings (SSSR count). The van der Waals surface area contributed by atoms with Crippen molar-refractivity contribution in [2.24, 2.45) is 4.99 Å². The summed E-state index contributed by atoms with van der Waals surface area (Å²) in [5.41, 5.74) is 0.699. The highest BCUT2D eigenvalue weighted by atomic mass is 127. The van der Waals surface area contributed by atoms with Crippen molar-refractivity contribution in [1.82, 2.24) is 14.9 Å². The molecule has 0 saturated heterocycles. The molecule has 25 heavy (non-hydrogen) atoms. The first-order chi connectivity index (χ1) is 11.4. The van der Waals surface area contributed by atoms with E-state index < -0.39 is 10.0 Å². The molecule has 0 spiro atoms. The van der Waals surface area contributed by atoms with E-state index in [1.54, 1.807) is 36.6 Å². The standard InChI is InChI=1S/C16H22N4O2S2.HI/c1-17-16(19-12-14-8-6-10-23-14)18-11-13-7-4-5-9-15(13)24(21,22)20(2)3;/h4-10H,11-12H2,1-3H3,(H2,17,18,19);1H. The summed E-state index contributed by atoms with van der Waals surface area (Å²) in [6.45, 7) is 1.04. The molecule has 2 aromatic rings. The average molecular weight is 494 g/mol. The van der Waals surface area contributed by atoms with Crippen LogP contribution in [0.3, 0.4) is 0 Å². The first-order valence-electron chi connectivity index (χ1n) is 7.42. The van der Waals surface area contributed by atoms with Gasteiger partial charge in [-0.2, -0.15) is 0 Å². The van der Waals surface area contributed by atoms with E-state index in [0.29, 0.717) is 29.5 Å². The number of hydrogen-bond acceptors (Lipinski definition) is 4. The van der Waals surface area contributed by atoms with Crippen molar-refractivity contribution < 1.29 is 8.42 Å². The maximum atomic E-state index is 12.4. The Hall–Kier alpha value is -1.17. The Balaban J connectivity index is 0.00000312. The van der Waals surface area contributed by atoms with Crippen molar-refractivity contribution in [3.8, 4) is 0 Å². The van der Waals surface area contributed by atoms with Crippen LogP contribution >= 0.6 is 35.3 Å². The molecule has 0 bridgehead atoms. The van der Waals surface area contributed by atoms with Crippen molar-refractivity contribution in [3.63, 3.8) is 0 Å². The largest absolute Gasteiger partial charge is 0.352 e. The van der Waals surface area contributed by atoms with Crippen molar-refractivity contribution in [2.45, 2.75) is 18.0 Å². The Kier molecular flexibility index (Phi) is 8.83. The fourth-order valence-electron chi connectivity index (χ4n) is 2.08. The summed E-state index contributed by atoms with van der Waals surface area (Å²) in [5.74, 6) is 0.625. The van der Waals surface area contributed by atoms with Gasteiger partial charge in [-0.3, -0.25) is 4.99 Å². The summed E-state index contributed by atoms with van der Waals surface area (Å²) in [6.07, 6.45) is 0.